The lowest BCUT2D eigenvalue weighted by atomic mass is 10.0. The molecule has 2 unspecified atom stereocenters. The van der Waals surface area contributed by atoms with E-state index in [0.29, 0.717) is 18.7 Å². The number of morpholine rings is 1. The van der Waals surface area contributed by atoms with E-state index in [4.69, 9.17) is 4.74 Å². The van der Waals surface area contributed by atoms with Crippen molar-refractivity contribution in [3.63, 3.8) is 0 Å². The molecular formula is C16H15F2NO. The first-order valence-electron chi connectivity index (χ1n) is 6.60. The van der Waals surface area contributed by atoms with Crippen LogP contribution in [0.4, 0.5) is 8.78 Å². The van der Waals surface area contributed by atoms with E-state index in [9.17, 15) is 8.78 Å². The Morgan fingerprint density at radius 3 is 2.25 bits per heavy atom. The number of halogens is 2. The molecule has 3 rings (SSSR count). The second-order valence-electron chi connectivity index (χ2n) is 4.86. The second kappa shape index (κ2) is 5.69. The molecule has 0 aliphatic carbocycles. The first-order valence-corrected chi connectivity index (χ1v) is 6.60. The third-order valence-corrected chi connectivity index (χ3v) is 3.47. The van der Waals surface area contributed by atoms with E-state index >= 15 is 0 Å². The molecule has 2 nitrogen and oxygen atoms in total. The van der Waals surface area contributed by atoms with Crippen molar-refractivity contribution in [2.75, 3.05) is 13.1 Å². The van der Waals surface area contributed by atoms with Crippen LogP contribution in [0.25, 0.3) is 0 Å². The summed E-state index contributed by atoms with van der Waals surface area (Å²) in [6, 6.07) is 13.8. The number of hydrogen-bond donors (Lipinski definition) is 1. The van der Waals surface area contributed by atoms with Gasteiger partial charge in [0.05, 0.1) is 12.2 Å². The maximum atomic E-state index is 13.3. The molecule has 0 spiro atoms. The summed E-state index contributed by atoms with van der Waals surface area (Å²) in [7, 11) is 0. The summed E-state index contributed by atoms with van der Waals surface area (Å²) in [5.74, 6) is -1.68. The maximum absolute atomic E-state index is 13.3. The smallest absolute Gasteiger partial charge is 0.159 e. The summed E-state index contributed by atoms with van der Waals surface area (Å²) in [4.78, 5) is 0. The first kappa shape index (κ1) is 13.2. The standard InChI is InChI=1S/C16H15F2NO/c17-13-7-6-12(8-14(13)18)16-10-19-9-15(20-16)11-4-2-1-3-5-11/h1-8,15-16,19H,9-10H2. The van der Waals surface area contributed by atoms with Gasteiger partial charge >= 0.3 is 0 Å². The zero-order valence-electron chi connectivity index (χ0n) is 10.9. The van der Waals surface area contributed by atoms with Gasteiger partial charge in [0.15, 0.2) is 11.6 Å². The van der Waals surface area contributed by atoms with Crippen molar-refractivity contribution in [3.8, 4) is 0 Å². The third kappa shape index (κ3) is 2.71. The molecule has 1 aliphatic heterocycles. The molecule has 0 aromatic heterocycles. The molecular weight excluding hydrogens is 260 g/mol. The third-order valence-electron chi connectivity index (χ3n) is 3.47. The molecule has 0 bridgehead atoms. The summed E-state index contributed by atoms with van der Waals surface area (Å²) in [6.07, 6.45) is -0.355. The lowest BCUT2D eigenvalue weighted by Crippen LogP contribution is -2.36. The van der Waals surface area contributed by atoms with Gasteiger partial charge in [-0.15, -0.1) is 0 Å². The fourth-order valence-electron chi connectivity index (χ4n) is 2.41. The number of nitrogens with one attached hydrogen (secondary N) is 1. The van der Waals surface area contributed by atoms with E-state index in [-0.39, 0.29) is 12.2 Å². The topological polar surface area (TPSA) is 21.3 Å². The molecule has 104 valence electrons. The Balaban J connectivity index is 1.79. The summed E-state index contributed by atoms with van der Waals surface area (Å²) in [5.41, 5.74) is 1.73. The lowest BCUT2D eigenvalue weighted by Gasteiger charge is -2.31. The normalized spacial score (nSPS) is 22.7. The highest BCUT2D eigenvalue weighted by Crippen LogP contribution is 2.29. The van der Waals surface area contributed by atoms with Gasteiger partial charge in [0, 0.05) is 13.1 Å². The molecule has 2 aromatic rings. The van der Waals surface area contributed by atoms with Crippen LogP contribution in [0.5, 0.6) is 0 Å². The van der Waals surface area contributed by atoms with Crippen molar-refractivity contribution in [3.05, 3.63) is 71.3 Å². The predicted octanol–water partition coefficient (Wildman–Crippen LogP) is 3.37. The average molecular weight is 275 g/mol. The van der Waals surface area contributed by atoms with Crippen molar-refractivity contribution in [2.45, 2.75) is 12.2 Å². The highest BCUT2D eigenvalue weighted by Gasteiger charge is 2.25. The van der Waals surface area contributed by atoms with Gasteiger partial charge in [-0.25, -0.2) is 8.78 Å². The largest absolute Gasteiger partial charge is 0.363 e. The summed E-state index contributed by atoms with van der Waals surface area (Å²) >= 11 is 0. The molecule has 2 aromatic carbocycles. The van der Waals surface area contributed by atoms with Gasteiger partial charge in [-0.05, 0) is 23.3 Å². The van der Waals surface area contributed by atoms with Gasteiger partial charge in [0.1, 0.15) is 0 Å². The molecule has 20 heavy (non-hydrogen) atoms. The fraction of sp³-hybridized carbons (Fsp3) is 0.250. The van der Waals surface area contributed by atoms with E-state index in [1.807, 2.05) is 30.3 Å². The van der Waals surface area contributed by atoms with E-state index in [1.165, 1.54) is 6.07 Å². The fourth-order valence-corrected chi connectivity index (χ4v) is 2.41. The highest BCUT2D eigenvalue weighted by molar-refractivity contribution is 5.23. The molecule has 1 saturated heterocycles. The number of hydrogen-bond acceptors (Lipinski definition) is 2. The Labute approximate surface area is 116 Å². The van der Waals surface area contributed by atoms with Crippen LogP contribution >= 0.6 is 0 Å². The van der Waals surface area contributed by atoms with Crippen LogP contribution in [0.3, 0.4) is 0 Å². The van der Waals surface area contributed by atoms with Gasteiger partial charge in [-0.2, -0.15) is 0 Å². The van der Waals surface area contributed by atoms with E-state index in [2.05, 4.69) is 5.32 Å². The van der Waals surface area contributed by atoms with Crippen LogP contribution in [0, 0.1) is 11.6 Å². The molecule has 2 atom stereocenters. The predicted molar refractivity (Wildman–Crippen MR) is 72.2 cm³/mol. The second-order valence-corrected chi connectivity index (χ2v) is 4.86. The molecule has 4 heteroatoms. The van der Waals surface area contributed by atoms with Gasteiger partial charge in [-0.1, -0.05) is 36.4 Å². The van der Waals surface area contributed by atoms with E-state index in [1.54, 1.807) is 6.07 Å². The van der Waals surface area contributed by atoms with Crippen LogP contribution in [0.1, 0.15) is 23.3 Å². The van der Waals surface area contributed by atoms with Crippen LogP contribution in [-0.4, -0.2) is 13.1 Å². The first-order chi connectivity index (χ1) is 9.74. The maximum Gasteiger partial charge on any atom is 0.159 e. The van der Waals surface area contributed by atoms with Gasteiger partial charge in [0.2, 0.25) is 0 Å². The van der Waals surface area contributed by atoms with Crippen LogP contribution in [0.2, 0.25) is 0 Å². The van der Waals surface area contributed by atoms with Crippen LogP contribution in [-0.2, 0) is 4.74 Å². The molecule has 1 fully saturated rings. The molecule has 0 amide bonds. The van der Waals surface area contributed by atoms with Gasteiger partial charge in [-0.3, -0.25) is 0 Å². The monoisotopic (exact) mass is 275 g/mol. The molecule has 0 saturated carbocycles. The zero-order valence-corrected chi connectivity index (χ0v) is 10.9. The van der Waals surface area contributed by atoms with Gasteiger partial charge < -0.3 is 10.1 Å². The Kier molecular flexibility index (Phi) is 3.76. The number of benzene rings is 2. The van der Waals surface area contributed by atoms with Crippen molar-refractivity contribution in [1.82, 2.24) is 5.32 Å². The summed E-state index contributed by atoms with van der Waals surface area (Å²) in [5, 5.41) is 3.27. The molecule has 1 heterocycles. The Bertz CT molecular complexity index is 588. The van der Waals surface area contributed by atoms with Gasteiger partial charge in [0.25, 0.3) is 0 Å². The van der Waals surface area contributed by atoms with Crippen molar-refractivity contribution in [1.29, 1.82) is 0 Å². The summed E-state index contributed by atoms with van der Waals surface area (Å²) in [6.45, 7) is 1.30. The van der Waals surface area contributed by atoms with Crippen molar-refractivity contribution < 1.29 is 13.5 Å². The molecule has 0 radical (unpaired) electrons. The Morgan fingerprint density at radius 1 is 0.850 bits per heavy atom. The van der Waals surface area contributed by atoms with Crippen molar-refractivity contribution in [2.24, 2.45) is 0 Å². The minimum absolute atomic E-state index is 0.0805. The Morgan fingerprint density at radius 2 is 1.55 bits per heavy atom. The van der Waals surface area contributed by atoms with E-state index in [0.717, 1.165) is 11.6 Å². The number of ether oxygens (including phenoxy) is 1. The van der Waals surface area contributed by atoms with Crippen molar-refractivity contribution >= 4 is 0 Å². The minimum Gasteiger partial charge on any atom is -0.363 e. The average Bonchev–Trinajstić information content (AvgIpc) is 2.51. The van der Waals surface area contributed by atoms with Crippen LogP contribution in [0.15, 0.2) is 48.5 Å². The quantitative estimate of drug-likeness (QED) is 0.907. The Hall–Kier alpha value is -1.78. The van der Waals surface area contributed by atoms with E-state index < -0.39 is 11.6 Å². The minimum atomic E-state index is -0.840. The highest BCUT2D eigenvalue weighted by atomic mass is 19.2. The molecule has 1 aliphatic rings. The number of rotatable bonds is 2. The zero-order chi connectivity index (χ0) is 13.9. The summed E-state index contributed by atoms with van der Waals surface area (Å²) < 4.78 is 32.3. The lowest BCUT2D eigenvalue weighted by molar-refractivity contribution is -0.0407. The SMILES string of the molecule is Fc1ccc(C2CNCC(c3ccccc3)O2)cc1F. The molecule has 1 N–H and O–H groups in total. The van der Waals surface area contributed by atoms with Crippen LogP contribution < -0.4 is 5.32 Å².